The average Bonchev–Trinajstić information content (AvgIpc) is 2.62. The largest absolute Gasteiger partial charge is 0.321 e. The third-order valence-corrected chi connectivity index (χ3v) is 3.80. The molecule has 1 N–H and O–H groups in total. The molecule has 0 aliphatic heterocycles. The van der Waals surface area contributed by atoms with Crippen LogP contribution in [0.25, 0.3) is 0 Å². The number of nitrogens with zero attached hydrogens (tertiary/aromatic N) is 2. The highest BCUT2D eigenvalue weighted by atomic mass is 35.5. The molecule has 1 aromatic heterocycles. The predicted octanol–water partition coefficient (Wildman–Crippen LogP) is 3.69. The number of anilines is 1. The van der Waals surface area contributed by atoms with Crippen molar-refractivity contribution in [2.75, 3.05) is 5.32 Å². The maximum absolute atomic E-state index is 12.1. The maximum Gasteiger partial charge on any atom is 0.227 e. The molecular weight excluding hydrogens is 273 g/mol. The fourth-order valence-corrected chi connectivity index (χ4v) is 2.62. The van der Waals surface area contributed by atoms with Crippen molar-refractivity contribution in [1.82, 2.24) is 9.97 Å². The quantitative estimate of drug-likeness (QED) is 0.667. The molecule has 0 bridgehead atoms. The smallest absolute Gasteiger partial charge is 0.227 e. The lowest BCUT2D eigenvalue weighted by Crippen LogP contribution is -2.23. The van der Waals surface area contributed by atoms with Gasteiger partial charge in [-0.1, -0.05) is 48.9 Å². The van der Waals surface area contributed by atoms with Crippen molar-refractivity contribution in [3.05, 3.63) is 16.6 Å². The van der Waals surface area contributed by atoms with Gasteiger partial charge in [0, 0.05) is 5.92 Å². The summed E-state index contributed by atoms with van der Waals surface area (Å²) in [7, 11) is 0. The molecule has 0 radical (unpaired) electrons. The number of hydrogen-bond donors (Lipinski definition) is 1. The summed E-state index contributed by atoms with van der Waals surface area (Å²) >= 11 is 11.8. The molecule has 1 heterocycles. The molecule has 1 saturated carbocycles. The van der Waals surface area contributed by atoms with Crippen LogP contribution in [-0.2, 0) is 4.79 Å². The third kappa shape index (κ3) is 3.33. The molecule has 0 saturated heterocycles. The van der Waals surface area contributed by atoms with Crippen LogP contribution < -0.4 is 5.32 Å². The van der Waals surface area contributed by atoms with Crippen molar-refractivity contribution in [3.63, 3.8) is 0 Å². The van der Waals surface area contributed by atoms with Crippen LogP contribution in [0.2, 0.25) is 10.3 Å². The first kappa shape index (κ1) is 13.6. The van der Waals surface area contributed by atoms with Gasteiger partial charge in [-0.3, -0.25) is 4.79 Å². The van der Waals surface area contributed by atoms with Gasteiger partial charge in [-0.25, -0.2) is 9.97 Å². The highest BCUT2D eigenvalue weighted by Gasteiger charge is 2.22. The van der Waals surface area contributed by atoms with Gasteiger partial charge in [-0.15, -0.1) is 0 Å². The molecule has 98 valence electrons. The van der Waals surface area contributed by atoms with E-state index in [9.17, 15) is 4.79 Å². The maximum atomic E-state index is 12.1. The zero-order valence-corrected chi connectivity index (χ0v) is 11.5. The highest BCUT2D eigenvalue weighted by Crippen LogP contribution is 2.28. The Bertz CT molecular complexity index is 411. The van der Waals surface area contributed by atoms with E-state index in [2.05, 4.69) is 15.3 Å². The molecule has 0 spiro atoms. The lowest BCUT2D eigenvalue weighted by Gasteiger charge is -2.14. The minimum absolute atomic E-state index is 0.0319. The summed E-state index contributed by atoms with van der Waals surface area (Å²) in [4.78, 5) is 19.8. The van der Waals surface area contributed by atoms with Gasteiger partial charge in [-0.2, -0.15) is 0 Å². The molecule has 0 unspecified atom stereocenters. The molecule has 1 aliphatic rings. The number of carbonyl (C=O) groups is 1. The standard InChI is InChI=1S/C12H15Cl2N3O/c13-10-9(11(14)16-7-15-10)17-12(18)8-5-3-1-2-4-6-8/h7-8H,1-6H2,(H,17,18). The molecular formula is C12H15Cl2N3O. The van der Waals surface area contributed by atoms with Crippen molar-refractivity contribution in [2.45, 2.75) is 38.5 Å². The van der Waals surface area contributed by atoms with Crippen LogP contribution in [0.15, 0.2) is 6.33 Å². The zero-order chi connectivity index (χ0) is 13.0. The average molecular weight is 288 g/mol. The van der Waals surface area contributed by atoms with Crippen LogP contribution in [0, 0.1) is 5.92 Å². The number of rotatable bonds is 2. The second kappa shape index (κ2) is 6.34. The van der Waals surface area contributed by atoms with Gasteiger partial charge < -0.3 is 5.32 Å². The number of nitrogens with one attached hydrogen (secondary N) is 1. The lowest BCUT2D eigenvalue weighted by molar-refractivity contribution is -0.120. The monoisotopic (exact) mass is 287 g/mol. The first-order valence-corrected chi connectivity index (χ1v) is 6.91. The van der Waals surface area contributed by atoms with Crippen molar-refractivity contribution in [3.8, 4) is 0 Å². The Balaban J connectivity index is 2.06. The number of carbonyl (C=O) groups excluding carboxylic acids is 1. The first-order valence-electron chi connectivity index (χ1n) is 6.15. The van der Waals surface area contributed by atoms with Gasteiger partial charge in [0.1, 0.15) is 12.0 Å². The van der Waals surface area contributed by atoms with E-state index in [1.807, 2.05) is 0 Å². The van der Waals surface area contributed by atoms with Crippen LogP contribution >= 0.6 is 23.2 Å². The molecule has 1 aliphatic carbocycles. The Hall–Kier alpha value is -0.870. The van der Waals surface area contributed by atoms with Gasteiger partial charge in [0.2, 0.25) is 5.91 Å². The summed E-state index contributed by atoms with van der Waals surface area (Å²) in [5.74, 6) is 0.00957. The summed E-state index contributed by atoms with van der Waals surface area (Å²) in [5, 5.41) is 3.10. The summed E-state index contributed by atoms with van der Waals surface area (Å²) in [6, 6.07) is 0. The minimum Gasteiger partial charge on any atom is -0.321 e. The van der Waals surface area contributed by atoms with Crippen molar-refractivity contribution < 1.29 is 4.79 Å². The van der Waals surface area contributed by atoms with E-state index in [1.165, 1.54) is 19.2 Å². The first-order chi connectivity index (χ1) is 8.68. The summed E-state index contributed by atoms with van der Waals surface area (Å²) in [5.41, 5.74) is 0.315. The molecule has 1 fully saturated rings. The molecule has 18 heavy (non-hydrogen) atoms. The summed E-state index contributed by atoms with van der Waals surface area (Å²) in [6.45, 7) is 0. The lowest BCUT2D eigenvalue weighted by atomic mass is 9.99. The molecule has 1 amide bonds. The van der Waals surface area contributed by atoms with Crippen LogP contribution in [-0.4, -0.2) is 15.9 Å². The van der Waals surface area contributed by atoms with Gasteiger partial charge in [-0.05, 0) is 12.8 Å². The molecule has 6 heteroatoms. The fraction of sp³-hybridized carbons (Fsp3) is 0.583. The van der Waals surface area contributed by atoms with Gasteiger partial charge >= 0.3 is 0 Å². The number of halogens is 2. The second-order valence-corrected chi connectivity index (χ2v) is 5.22. The van der Waals surface area contributed by atoms with Crippen molar-refractivity contribution in [1.29, 1.82) is 0 Å². The van der Waals surface area contributed by atoms with E-state index in [4.69, 9.17) is 23.2 Å². The molecule has 1 aromatic rings. The molecule has 2 rings (SSSR count). The van der Waals surface area contributed by atoms with Gasteiger partial charge in [0.05, 0.1) is 0 Å². The van der Waals surface area contributed by atoms with E-state index in [0.29, 0.717) is 5.69 Å². The number of hydrogen-bond acceptors (Lipinski definition) is 3. The second-order valence-electron chi connectivity index (χ2n) is 4.51. The van der Waals surface area contributed by atoms with Crippen LogP contribution in [0.3, 0.4) is 0 Å². The minimum atomic E-state index is -0.0319. The molecule has 0 aromatic carbocycles. The fourth-order valence-electron chi connectivity index (χ4n) is 2.21. The van der Waals surface area contributed by atoms with Crippen molar-refractivity contribution in [2.24, 2.45) is 5.92 Å². The predicted molar refractivity (Wildman–Crippen MR) is 71.9 cm³/mol. The third-order valence-electron chi connectivity index (χ3n) is 3.23. The van der Waals surface area contributed by atoms with Crippen LogP contribution in [0.4, 0.5) is 5.69 Å². The van der Waals surface area contributed by atoms with E-state index < -0.39 is 0 Å². The SMILES string of the molecule is O=C(Nc1c(Cl)ncnc1Cl)C1CCCCCC1. The summed E-state index contributed by atoms with van der Waals surface area (Å²) in [6.07, 6.45) is 7.74. The normalized spacial score (nSPS) is 17.2. The van der Waals surface area contributed by atoms with Crippen LogP contribution in [0.5, 0.6) is 0 Å². The molecule has 4 nitrogen and oxygen atoms in total. The van der Waals surface area contributed by atoms with Gasteiger partial charge in [0.15, 0.2) is 10.3 Å². The Morgan fingerprint density at radius 1 is 1.11 bits per heavy atom. The highest BCUT2D eigenvalue weighted by molar-refractivity contribution is 6.38. The Morgan fingerprint density at radius 3 is 2.22 bits per heavy atom. The van der Waals surface area contributed by atoms with Crippen molar-refractivity contribution >= 4 is 34.8 Å². The Kier molecular flexibility index (Phi) is 4.78. The molecule has 0 atom stereocenters. The number of amides is 1. The zero-order valence-electron chi connectivity index (χ0n) is 9.96. The Morgan fingerprint density at radius 2 is 1.67 bits per heavy atom. The number of aromatic nitrogens is 2. The van der Waals surface area contributed by atoms with Crippen LogP contribution in [0.1, 0.15) is 38.5 Å². The van der Waals surface area contributed by atoms with E-state index in [1.54, 1.807) is 0 Å². The Labute approximate surface area is 116 Å². The van der Waals surface area contributed by atoms with E-state index in [-0.39, 0.29) is 22.1 Å². The van der Waals surface area contributed by atoms with E-state index in [0.717, 1.165) is 25.7 Å². The summed E-state index contributed by atoms with van der Waals surface area (Å²) < 4.78 is 0. The van der Waals surface area contributed by atoms with E-state index >= 15 is 0 Å². The topological polar surface area (TPSA) is 54.9 Å². The van der Waals surface area contributed by atoms with Gasteiger partial charge in [0.25, 0.3) is 0 Å².